The fourth-order valence-electron chi connectivity index (χ4n) is 2.03. The molecule has 114 valence electrons. The van der Waals surface area contributed by atoms with E-state index in [0.717, 1.165) is 21.4 Å². The number of carbonyl (C=O) groups is 1. The van der Waals surface area contributed by atoms with Gasteiger partial charge in [0, 0.05) is 28.0 Å². The van der Waals surface area contributed by atoms with Crippen molar-refractivity contribution < 1.29 is 4.79 Å². The minimum Gasteiger partial charge on any atom is -0.323 e. The zero-order valence-corrected chi connectivity index (χ0v) is 13.8. The Hall–Kier alpha value is -2.66. The Morgan fingerprint density at radius 2 is 1.83 bits per heavy atom. The monoisotopic (exact) mass is 367 g/mol. The zero-order valence-electron chi connectivity index (χ0n) is 12.2. The van der Waals surface area contributed by atoms with E-state index in [1.54, 1.807) is 17.0 Å². The van der Waals surface area contributed by atoms with Gasteiger partial charge in [0.2, 0.25) is 5.91 Å². The second kappa shape index (κ2) is 7.07. The minimum atomic E-state index is -0.181. The zero-order chi connectivity index (χ0) is 16.1. The van der Waals surface area contributed by atoms with Crippen molar-refractivity contribution in [2.45, 2.75) is 0 Å². The van der Waals surface area contributed by atoms with Gasteiger partial charge in [0.1, 0.15) is 0 Å². The number of hydrogen-bond donors (Lipinski definition) is 1. The molecule has 0 saturated heterocycles. The average Bonchev–Trinajstić information content (AvgIpc) is 3.05. The number of rotatable bonds is 4. The molecule has 3 aromatic rings. The molecule has 0 bridgehead atoms. The molecule has 0 saturated carbocycles. The molecule has 0 aliphatic heterocycles. The predicted octanol–water partition coefficient (Wildman–Crippen LogP) is 4.29. The van der Waals surface area contributed by atoms with Gasteiger partial charge in [-0.25, -0.2) is 4.68 Å². The summed E-state index contributed by atoms with van der Waals surface area (Å²) < 4.78 is 2.74. The van der Waals surface area contributed by atoms with Crippen LogP contribution in [-0.2, 0) is 4.79 Å². The van der Waals surface area contributed by atoms with Crippen LogP contribution in [0.2, 0.25) is 0 Å². The third-order valence-electron chi connectivity index (χ3n) is 3.16. The van der Waals surface area contributed by atoms with Gasteiger partial charge in [-0.2, -0.15) is 5.10 Å². The van der Waals surface area contributed by atoms with Gasteiger partial charge in [-0.05, 0) is 42.5 Å². The number of anilines is 1. The van der Waals surface area contributed by atoms with E-state index in [1.165, 1.54) is 6.08 Å². The van der Waals surface area contributed by atoms with Crippen LogP contribution in [0.15, 0.2) is 77.5 Å². The van der Waals surface area contributed by atoms with Crippen molar-refractivity contribution in [2.75, 3.05) is 5.32 Å². The van der Waals surface area contributed by atoms with E-state index in [4.69, 9.17) is 0 Å². The van der Waals surface area contributed by atoms with Crippen molar-refractivity contribution in [1.82, 2.24) is 9.78 Å². The summed E-state index contributed by atoms with van der Waals surface area (Å²) in [5, 5.41) is 7.09. The molecule has 4 nitrogen and oxygen atoms in total. The molecule has 0 fully saturated rings. The summed E-state index contributed by atoms with van der Waals surface area (Å²) in [7, 11) is 0. The Bertz CT molecular complexity index is 823. The average molecular weight is 368 g/mol. The molecule has 1 heterocycles. The van der Waals surface area contributed by atoms with Crippen molar-refractivity contribution in [3.63, 3.8) is 0 Å². The number of halogens is 1. The van der Waals surface area contributed by atoms with Crippen LogP contribution in [0.3, 0.4) is 0 Å². The van der Waals surface area contributed by atoms with Crippen molar-refractivity contribution >= 4 is 33.6 Å². The topological polar surface area (TPSA) is 46.9 Å². The Morgan fingerprint density at radius 1 is 1.09 bits per heavy atom. The fraction of sp³-hybridized carbons (Fsp3) is 0. The molecule has 0 aliphatic carbocycles. The Kier molecular flexibility index (Phi) is 4.68. The largest absolute Gasteiger partial charge is 0.323 e. The van der Waals surface area contributed by atoms with E-state index in [1.807, 2.05) is 60.8 Å². The number of amides is 1. The lowest BCUT2D eigenvalue weighted by Crippen LogP contribution is -2.07. The van der Waals surface area contributed by atoms with E-state index in [2.05, 4.69) is 26.3 Å². The molecular formula is C18H14BrN3O. The van der Waals surface area contributed by atoms with Crippen LogP contribution in [-0.4, -0.2) is 15.7 Å². The summed E-state index contributed by atoms with van der Waals surface area (Å²) in [6.45, 7) is 0. The van der Waals surface area contributed by atoms with Crippen molar-refractivity contribution in [3.8, 4) is 5.69 Å². The first-order chi connectivity index (χ1) is 11.2. The van der Waals surface area contributed by atoms with Gasteiger partial charge in [0.05, 0.1) is 11.9 Å². The molecule has 1 N–H and O–H groups in total. The van der Waals surface area contributed by atoms with Crippen LogP contribution < -0.4 is 5.32 Å². The Morgan fingerprint density at radius 3 is 2.57 bits per heavy atom. The smallest absolute Gasteiger partial charge is 0.248 e. The normalized spacial score (nSPS) is 10.8. The SMILES string of the molecule is O=C(/C=C/c1cnn(-c2ccccc2)c1)Nc1ccc(Br)cc1. The predicted molar refractivity (Wildman–Crippen MR) is 95.4 cm³/mol. The van der Waals surface area contributed by atoms with Crippen molar-refractivity contribution in [3.05, 3.63) is 83.1 Å². The third-order valence-corrected chi connectivity index (χ3v) is 3.69. The lowest BCUT2D eigenvalue weighted by molar-refractivity contribution is -0.111. The molecule has 0 atom stereocenters. The molecule has 5 heteroatoms. The number of nitrogens with one attached hydrogen (secondary N) is 1. The highest BCUT2D eigenvalue weighted by molar-refractivity contribution is 9.10. The highest BCUT2D eigenvalue weighted by atomic mass is 79.9. The quantitative estimate of drug-likeness (QED) is 0.699. The van der Waals surface area contributed by atoms with E-state index in [0.29, 0.717) is 0 Å². The summed E-state index contributed by atoms with van der Waals surface area (Å²) in [4.78, 5) is 11.9. The van der Waals surface area contributed by atoms with Crippen LogP contribution in [0, 0.1) is 0 Å². The van der Waals surface area contributed by atoms with Crippen LogP contribution in [0.5, 0.6) is 0 Å². The van der Waals surface area contributed by atoms with Crippen LogP contribution in [0.25, 0.3) is 11.8 Å². The number of aromatic nitrogens is 2. The summed E-state index contributed by atoms with van der Waals surface area (Å²) in [6.07, 6.45) is 6.82. The second-order valence-electron chi connectivity index (χ2n) is 4.88. The number of benzene rings is 2. The number of hydrogen-bond acceptors (Lipinski definition) is 2. The number of nitrogens with zero attached hydrogens (tertiary/aromatic N) is 2. The third kappa shape index (κ3) is 4.17. The molecule has 0 aliphatic rings. The molecule has 2 aromatic carbocycles. The van der Waals surface area contributed by atoms with Crippen LogP contribution in [0.1, 0.15) is 5.56 Å². The standard InChI is InChI=1S/C18H14BrN3O/c19-15-7-9-16(10-8-15)21-18(23)11-6-14-12-20-22(13-14)17-4-2-1-3-5-17/h1-13H,(H,21,23)/b11-6+. The minimum absolute atomic E-state index is 0.181. The fourth-order valence-corrected chi connectivity index (χ4v) is 2.30. The van der Waals surface area contributed by atoms with Gasteiger partial charge in [-0.15, -0.1) is 0 Å². The van der Waals surface area contributed by atoms with Gasteiger partial charge < -0.3 is 5.32 Å². The van der Waals surface area contributed by atoms with Gasteiger partial charge in [0.25, 0.3) is 0 Å². The van der Waals surface area contributed by atoms with E-state index in [9.17, 15) is 4.79 Å². The molecule has 23 heavy (non-hydrogen) atoms. The molecule has 0 spiro atoms. The van der Waals surface area contributed by atoms with E-state index in [-0.39, 0.29) is 5.91 Å². The molecule has 0 unspecified atom stereocenters. The van der Waals surface area contributed by atoms with Gasteiger partial charge in [0.15, 0.2) is 0 Å². The number of para-hydroxylation sites is 1. The van der Waals surface area contributed by atoms with Crippen molar-refractivity contribution in [1.29, 1.82) is 0 Å². The maximum Gasteiger partial charge on any atom is 0.248 e. The van der Waals surface area contributed by atoms with E-state index < -0.39 is 0 Å². The number of carbonyl (C=O) groups excluding carboxylic acids is 1. The lowest BCUT2D eigenvalue weighted by atomic mass is 10.3. The van der Waals surface area contributed by atoms with Gasteiger partial charge in [-0.3, -0.25) is 4.79 Å². The van der Waals surface area contributed by atoms with Gasteiger partial charge in [-0.1, -0.05) is 34.1 Å². The Labute approximate surface area is 142 Å². The maximum absolute atomic E-state index is 11.9. The first-order valence-electron chi connectivity index (χ1n) is 7.05. The summed E-state index contributed by atoms with van der Waals surface area (Å²) in [5.41, 5.74) is 2.59. The summed E-state index contributed by atoms with van der Waals surface area (Å²) >= 11 is 3.36. The molecule has 1 amide bonds. The summed E-state index contributed by atoms with van der Waals surface area (Å²) in [6, 6.07) is 17.2. The van der Waals surface area contributed by atoms with E-state index >= 15 is 0 Å². The van der Waals surface area contributed by atoms with Gasteiger partial charge >= 0.3 is 0 Å². The first kappa shape index (κ1) is 15.2. The molecule has 1 aromatic heterocycles. The Balaban J connectivity index is 1.65. The maximum atomic E-state index is 11.9. The first-order valence-corrected chi connectivity index (χ1v) is 7.85. The molecular weight excluding hydrogens is 354 g/mol. The highest BCUT2D eigenvalue weighted by Gasteiger charge is 2.00. The summed E-state index contributed by atoms with van der Waals surface area (Å²) in [5.74, 6) is -0.181. The highest BCUT2D eigenvalue weighted by Crippen LogP contribution is 2.14. The van der Waals surface area contributed by atoms with Crippen LogP contribution in [0.4, 0.5) is 5.69 Å². The second-order valence-corrected chi connectivity index (χ2v) is 5.80. The lowest BCUT2D eigenvalue weighted by Gasteiger charge is -2.01. The van der Waals surface area contributed by atoms with Crippen LogP contribution >= 0.6 is 15.9 Å². The molecule has 3 rings (SSSR count). The molecule has 0 radical (unpaired) electrons. The van der Waals surface area contributed by atoms with Crippen molar-refractivity contribution in [2.24, 2.45) is 0 Å².